The highest BCUT2D eigenvalue weighted by atomic mass is 127. The van der Waals surface area contributed by atoms with Crippen molar-refractivity contribution < 1.29 is 18.0 Å². The fraction of sp³-hybridized carbons (Fsp3) is 0.500. The second-order valence-corrected chi connectivity index (χ2v) is 5.41. The first-order valence-corrected chi connectivity index (χ1v) is 7.88. The molecule has 0 aromatic heterocycles. The van der Waals surface area contributed by atoms with Crippen molar-refractivity contribution in [2.24, 2.45) is 4.99 Å². The number of carbonyl (C=O) groups is 1. The van der Waals surface area contributed by atoms with E-state index in [0.717, 1.165) is 17.7 Å². The summed E-state index contributed by atoms with van der Waals surface area (Å²) in [5, 5.41) is 5.43. The van der Waals surface area contributed by atoms with Crippen molar-refractivity contribution in [1.82, 2.24) is 10.6 Å². The van der Waals surface area contributed by atoms with Crippen molar-refractivity contribution in [3.05, 3.63) is 29.8 Å². The number of aliphatic imine (C=N–C) groups is 1. The summed E-state index contributed by atoms with van der Waals surface area (Å²) in [5.41, 5.74) is 2.00. The van der Waals surface area contributed by atoms with Gasteiger partial charge in [0.2, 0.25) is 5.91 Å². The quantitative estimate of drug-likeness (QED) is 0.396. The number of nitrogens with one attached hydrogen (secondary N) is 2. The number of rotatable bonds is 5. The van der Waals surface area contributed by atoms with Crippen molar-refractivity contribution in [3.63, 3.8) is 0 Å². The van der Waals surface area contributed by atoms with Gasteiger partial charge in [-0.05, 0) is 25.0 Å². The van der Waals surface area contributed by atoms with Crippen LogP contribution in [0, 0.1) is 0 Å². The number of halogens is 4. The van der Waals surface area contributed by atoms with Crippen LogP contribution in [-0.4, -0.2) is 44.2 Å². The minimum atomic E-state index is -4.22. The Morgan fingerprint density at radius 1 is 1.28 bits per heavy atom. The van der Waals surface area contributed by atoms with Crippen LogP contribution in [0.3, 0.4) is 0 Å². The van der Waals surface area contributed by atoms with Gasteiger partial charge >= 0.3 is 6.18 Å². The van der Waals surface area contributed by atoms with E-state index in [4.69, 9.17) is 0 Å². The zero-order valence-corrected chi connectivity index (χ0v) is 16.2. The molecule has 1 aliphatic heterocycles. The van der Waals surface area contributed by atoms with E-state index in [2.05, 4.69) is 15.6 Å². The van der Waals surface area contributed by atoms with E-state index in [1.807, 2.05) is 24.3 Å². The molecule has 1 aliphatic rings. The van der Waals surface area contributed by atoms with Crippen LogP contribution < -0.4 is 15.5 Å². The molecule has 25 heavy (non-hydrogen) atoms. The van der Waals surface area contributed by atoms with Gasteiger partial charge in [0.1, 0.15) is 6.54 Å². The number of benzene rings is 1. The van der Waals surface area contributed by atoms with Crippen molar-refractivity contribution in [2.75, 3.05) is 31.1 Å². The van der Waals surface area contributed by atoms with Crippen LogP contribution in [0.1, 0.15) is 18.9 Å². The second-order valence-electron chi connectivity index (χ2n) is 5.41. The number of nitrogens with zero attached hydrogens (tertiary/aromatic N) is 2. The molecule has 140 valence electrons. The van der Waals surface area contributed by atoms with E-state index >= 15 is 0 Å². The van der Waals surface area contributed by atoms with Crippen LogP contribution in [0.15, 0.2) is 29.3 Å². The normalized spacial score (nSPS) is 13.9. The Balaban J connectivity index is 0.00000312. The number of amides is 1. The molecule has 0 radical (unpaired) electrons. The van der Waals surface area contributed by atoms with Crippen LogP contribution in [-0.2, 0) is 11.2 Å². The lowest BCUT2D eigenvalue weighted by atomic mass is 10.2. The molecule has 2 N–H and O–H groups in total. The summed E-state index contributed by atoms with van der Waals surface area (Å²) < 4.78 is 36.6. The summed E-state index contributed by atoms with van der Waals surface area (Å²) in [6.07, 6.45) is -4.38. The fourth-order valence-electron chi connectivity index (χ4n) is 2.49. The van der Waals surface area contributed by atoms with Gasteiger partial charge in [0.15, 0.2) is 5.96 Å². The Labute approximate surface area is 162 Å². The first-order valence-electron chi connectivity index (χ1n) is 7.88. The molecule has 0 unspecified atom stereocenters. The van der Waals surface area contributed by atoms with E-state index in [-0.39, 0.29) is 48.9 Å². The Bertz CT molecular complexity index is 607. The summed E-state index contributed by atoms with van der Waals surface area (Å²) in [7, 11) is 0. The van der Waals surface area contributed by atoms with Crippen LogP contribution in [0.2, 0.25) is 0 Å². The van der Waals surface area contributed by atoms with Gasteiger partial charge in [-0.3, -0.25) is 4.79 Å². The third kappa shape index (κ3) is 6.71. The molecule has 0 saturated carbocycles. The van der Waals surface area contributed by atoms with Crippen LogP contribution in [0.25, 0.3) is 0 Å². The highest BCUT2D eigenvalue weighted by Crippen LogP contribution is 2.27. The van der Waals surface area contributed by atoms with Gasteiger partial charge in [0, 0.05) is 25.3 Å². The predicted octanol–water partition coefficient (Wildman–Crippen LogP) is 2.70. The van der Waals surface area contributed by atoms with Gasteiger partial charge in [-0.1, -0.05) is 18.2 Å². The average Bonchev–Trinajstić information content (AvgIpc) is 2.95. The summed E-state index contributed by atoms with van der Waals surface area (Å²) in [6.45, 7) is 2.51. The fourth-order valence-corrected chi connectivity index (χ4v) is 2.49. The molecule has 2 rings (SSSR count). The maximum Gasteiger partial charge on any atom is 0.390 e. The number of guanidine groups is 1. The van der Waals surface area contributed by atoms with Gasteiger partial charge in [-0.25, -0.2) is 4.99 Å². The first kappa shape index (κ1) is 21.5. The van der Waals surface area contributed by atoms with Crippen LogP contribution in [0.4, 0.5) is 18.9 Å². The Hall–Kier alpha value is -1.52. The molecule has 0 atom stereocenters. The number of anilines is 1. The maximum absolute atomic E-state index is 12.3. The number of para-hydroxylation sites is 1. The highest BCUT2D eigenvalue weighted by molar-refractivity contribution is 14.0. The molecule has 1 amide bonds. The van der Waals surface area contributed by atoms with Crippen molar-refractivity contribution in [1.29, 1.82) is 0 Å². The largest absolute Gasteiger partial charge is 0.390 e. The molecule has 0 spiro atoms. The smallest absolute Gasteiger partial charge is 0.357 e. The summed E-state index contributed by atoms with van der Waals surface area (Å²) >= 11 is 0. The average molecular weight is 470 g/mol. The molecule has 1 aromatic rings. The van der Waals surface area contributed by atoms with E-state index in [1.54, 1.807) is 11.8 Å². The number of hydrogen-bond acceptors (Lipinski definition) is 2. The van der Waals surface area contributed by atoms with Crippen LogP contribution in [0.5, 0.6) is 0 Å². The lowest BCUT2D eigenvalue weighted by Crippen LogP contribution is -2.40. The van der Waals surface area contributed by atoms with E-state index in [0.29, 0.717) is 13.1 Å². The SMILES string of the molecule is CCNC(=NCC(=O)N1CCc2ccccc21)NCCC(F)(F)F.I. The van der Waals surface area contributed by atoms with E-state index in [1.165, 1.54) is 0 Å². The second kappa shape index (κ2) is 9.83. The van der Waals surface area contributed by atoms with Crippen molar-refractivity contribution in [3.8, 4) is 0 Å². The van der Waals surface area contributed by atoms with Crippen LogP contribution >= 0.6 is 24.0 Å². The number of fused-ring (bicyclic) bond motifs is 1. The van der Waals surface area contributed by atoms with E-state index < -0.39 is 12.6 Å². The molecular weight excluding hydrogens is 448 g/mol. The predicted molar refractivity (Wildman–Crippen MR) is 103 cm³/mol. The molecular formula is C16H22F3IN4O. The van der Waals surface area contributed by atoms with Crippen molar-refractivity contribution >= 4 is 41.5 Å². The zero-order chi connectivity index (χ0) is 17.6. The molecule has 0 saturated heterocycles. The maximum atomic E-state index is 12.3. The van der Waals surface area contributed by atoms with Gasteiger partial charge in [0.05, 0.1) is 6.42 Å². The highest BCUT2D eigenvalue weighted by Gasteiger charge is 2.26. The molecule has 1 heterocycles. The summed E-state index contributed by atoms with van der Waals surface area (Å²) in [4.78, 5) is 18.1. The summed E-state index contributed by atoms with van der Waals surface area (Å²) in [5.74, 6) is 0.0376. The molecule has 9 heteroatoms. The lowest BCUT2D eigenvalue weighted by molar-refractivity contribution is -0.132. The number of alkyl halides is 3. The molecule has 1 aromatic carbocycles. The molecule has 0 bridgehead atoms. The minimum Gasteiger partial charge on any atom is -0.357 e. The molecule has 0 fully saturated rings. The van der Waals surface area contributed by atoms with Gasteiger partial charge < -0.3 is 15.5 Å². The molecule has 0 aliphatic carbocycles. The van der Waals surface area contributed by atoms with Gasteiger partial charge in [0.25, 0.3) is 0 Å². The Kier molecular flexibility index (Phi) is 8.46. The summed E-state index contributed by atoms with van der Waals surface area (Å²) in [6, 6.07) is 7.67. The first-order chi connectivity index (χ1) is 11.4. The number of hydrogen-bond donors (Lipinski definition) is 2. The lowest BCUT2D eigenvalue weighted by Gasteiger charge is -2.17. The monoisotopic (exact) mass is 470 g/mol. The van der Waals surface area contributed by atoms with E-state index in [9.17, 15) is 18.0 Å². The number of carbonyl (C=O) groups excluding carboxylic acids is 1. The van der Waals surface area contributed by atoms with Gasteiger partial charge in [-0.15, -0.1) is 24.0 Å². The zero-order valence-electron chi connectivity index (χ0n) is 13.9. The topological polar surface area (TPSA) is 56.7 Å². The molecule has 5 nitrogen and oxygen atoms in total. The third-order valence-corrected chi connectivity index (χ3v) is 3.61. The Morgan fingerprint density at radius 3 is 2.68 bits per heavy atom. The van der Waals surface area contributed by atoms with Crippen molar-refractivity contribution in [2.45, 2.75) is 25.9 Å². The van der Waals surface area contributed by atoms with Gasteiger partial charge in [-0.2, -0.15) is 13.2 Å². The Morgan fingerprint density at radius 2 is 2.00 bits per heavy atom. The standard InChI is InChI=1S/C16H21F3N4O.HI/c1-2-20-15(21-9-8-16(17,18)19)22-11-14(24)23-10-7-12-5-3-4-6-13(12)23;/h3-6H,2,7-11H2,1H3,(H2,20,21,22);1H. The minimum absolute atomic E-state index is 0. The third-order valence-electron chi connectivity index (χ3n) is 3.61.